The second kappa shape index (κ2) is 19.2. The van der Waals surface area contributed by atoms with Gasteiger partial charge in [0, 0.05) is 24.3 Å². The van der Waals surface area contributed by atoms with Crippen LogP contribution >= 0.6 is 0 Å². The summed E-state index contributed by atoms with van der Waals surface area (Å²) in [5, 5.41) is 13.2. The number of ether oxygens (including phenoxy) is 3. The lowest BCUT2D eigenvalue weighted by atomic mass is 10.1. The summed E-state index contributed by atoms with van der Waals surface area (Å²) in [5.74, 6) is -4.45. The van der Waals surface area contributed by atoms with Crippen molar-refractivity contribution in [1.82, 2.24) is 15.1 Å². The number of piperazine rings is 1. The molecule has 15 heteroatoms. The Morgan fingerprint density at radius 1 is 0.727 bits per heavy atom. The zero-order valence-electron chi connectivity index (χ0n) is 29.7. The minimum atomic E-state index is -1.52. The van der Waals surface area contributed by atoms with Crippen LogP contribution in [0.5, 0.6) is 0 Å². The second-order valence-corrected chi connectivity index (χ2v) is 12.4. The SMILES string of the molecule is N=C(N)C(C(=O)Nc1cccc(C(=O)N[C@@H](CC(=O)OCc2ccccc2)C(=O)OCc2ccccc2)c1)N1CCN(C(=O)OCc2ccccc2)CC1=O. The van der Waals surface area contributed by atoms with Gasteiger partial charge in [-0.25, -0.2) is 9.59 Å². The monoisotopic (exact) mass is 748 g/mol. The molecule has 1 aliphatic rings. The van der Waals surface area contributed by atoms with Gasteiger partial charge >= 0.3 is 18.0 Å². The summed E-state index contributed by atoms with van der Waals surface area (Å²) in [4.78, 5) is 80.9. The highest BCUT2D eigenvalue weighted by Gasteiger charge is 2.37. The third-order valence-electron chi connectivity index (χ3n) is 8.39. The molecule has 284 valence electrons. The maximum absolute atomic E-state index is 13.5. The normalized spacial score (nSPS) is 13.5. The first kappa shape index (κ1) is 39.2. The van der Waals surface area contributed by atoms with Crippen molar-refractivity contribution in [2.45, 2.75) is 38.3 Å². The molecule has 1 unspecified atom stereocenters. The van der Waals surface area contributed by atoms with Gasteiger partial charge < -0.3 is 35.5 Å². The summed E-state index contributed by atoms with van der Waals surface area (Å²) in [5.41, 5.74) is 8.12. The van der Waals surface area contributed by atoms with Crippen LogP contribution in [-0.2, 0) is 53.2 Å². The number of benzene rings is 4. The minimum Gasteiger partial charge on any atom is -0.461 e. The molecule has 5 N–H and O–H groups in total. The van der Waals surface area contributed by atoms with Crippen LogP contribution in [-0.4, -0.2) is 83.1 Å². The Kier molecular flexibility index (Phi) is 13.7. The molecule has 0 aromatic heterocycles. The molecular formula is C40H40N6O9. The van der Waals surface area contributed by atoms with E-state index in [1.54, 1.807) is 72.8 Å². The number of nitrogens with zero attached hydrogens (tertiary/aromatic N) is 2. The summed E-state index contributed by atoms with van der Waals surface area (Å²) < 4.78 is 16.1. The number of amidine groups is 1. The zero-order valence-corrected chi connectivity index (χ0v) is 29.7. The Balaban J connectivity index is 1.20. The fourth-order valence-corrected chi connectivity index (χ4v) is 5.55. The van der Waals surface area contributed by atoms with Gasteiger partial charge in [-0.05, 0) is 34.9 Å². The molecule has 0 spiro atoms. The highest BCUT2D eigenvalue weighted by molar-refractivity contribution is 6.13. The number of rotatable bonds is 15. The van der Waals surface area contributed by atoms with Crippen molar-refractivity contribution >= 4 is 47.3 Å². The Bertz CT molecular complexity index is 2000. The van der Waals surface area contributed by atoms with Crippen LogP contribution in [0.3, 0.4) is 0 Å². The van der Waals surface area contributed by atoms with Crippen LogP contribution < -0.4 is 16.4 Å². The lowest BCUT2D eigenvalue weighted by Gasteiger charge is -2.37. The molecule has 55 heavy (non-hydrogen) atoms. The Labute approximate surface area is 316 Å². The van der Waals surface area contributed by atoms with E-state index in [9.17, 15) is 28.8 Å². The maximum atomic E-state index is 13.5. The van der Waals surface area contributed by atoms with E-state index in [4.69, 9.17) is 25.4 Å². The van der Waals surface area contributed by atoms with E-state index in [2.05, 4.69) is 10.6 Å². The van der Waals surface area contributed by atoms with Gasteiger partial charge in [0.1, 0.15) is 38.2 Å². The van der Waals surface area contributed by atoms with Crippen molar-refractivity contribution in [3.8, 4) is 0 Å². The van der Waals surface area contributed by atoms with E-state index in [-0.39, 0.29) is 44.2 Å². The highest BCUT2D eigenvalue weighted by atomic mass is 16.6. The number of carbonyl (C=O) groups is 6. The number of nitrogens with two attached hydrogens (primary N) is 1. The van der Waals surface area contributed by atoms with Gasteiger partial charge in [0.25, 0.3) is 11.8 Å². The van der Waals surface area contributed by atoms with Gasteiger partial charge in [-0.3, -0.25) is 29.5 Å². The molecule has 0 bridgehead atoms. The van der Waals surface area contributed by atoms with Gasteiger partial charge in [0.15, 0.2) is 6.04 Å². The summed E-state index contributed by atoms with van der Waals surface area (Å²) in [6, 6.07) is 29.6. The lowest BCUT2D eigenvalue weighted by molar-refractivity contribution is -0.153. The average molecular weight is 749 g/mol. The molecule has 4 amide bonds. The Morgan fingerprint density at radius 2 is 1.29 bits per heavy atom. The molecule has 0 aliphatic carbocycles. The predicted octanol–water partition coefficient (Wildman–Crippen LogP) is 3.39. The van der Waals surface area contributed by atoms with Crippen LogP contribution in [0, 0.1) is 5.41 Å². The van der Waals surface area contributed by atoms with E-state index in [1.165, 1.54) is 29.2 Å². The maximum Gasteiger partial charge on any atom is 0.410 e. The third-order valence-corrected chi connectivity index (χ3v) is 8.39. The first-order chi connectivity index (χ1) is 26.6. The second-order valence-electron chi connectivity index (χ2n) is 12.4. The zero-order chi connectivity index (χ0) is 39.2. The summed E-state index contributed by atoms with van der Waals surface area (Å²) in [6.45, 7) is -0.584. The molecule has 4 aromatic carbocycles. The molecular weight excluding hydrogens is 708 g/mol. The number of nitrogens with one attached hydrogen (secondary N) is 3. The van der Waals surface area contributed by atoms with Gasteiger partial charge in [-0.15, -0.1) is 0 Å². The van der Waals surface area contributed by atoms with Crippen LogP contribution in [0.1, 0.15) is 33.5 Å². The topological polar surface area (TPSA) is 211 Å². The Morgan fingerprint density at radius 3 is 1.85 bits per heavy atom. The fourth-order valence-electron chi connectivity index (χ4n) is 5.55. The molecule has 0 saturated carbocycles. The highest BCUT2D eigenvalue weighted by Crippen LogP contribution is 2.16. The van der Waals surface area contributed by atoms with Crippen LogP contribution in [0.25, 0.3) is 0 Å². The number of esters is 2. The number of carbonyl (C=O) groups excluding carboxylic acids is 6. The standard InChI is InChI=1S/C40H40N6O9/c41-36(42)35(46-20-19-45(23-33(46)47)40(52)55-26-29-15-8-3-9-16-29)38(50)43-31-18-10-17-30(21-31)37(49)44-32(39(51)54-25-28-13-6-2-7-14-28)22-34(48)53-24-27-11-4-1-5-12-27/h1-18,21,32,35H,19-20,22-26H2,(H3,41,42)(H,43,50)(H,44,49)/t32-,35?/m0/s1. The summed E-state index contributed by atoms with van der Waals surface area (Å²) in [7, 11) is 0. The number of anilines is 1. The lowest BCUT2D eigenvalue weighted by Crippen LogP contribution is -2.61. The van der Waals surface area contributed by atoms with E-state index >= 15 is 0 Å². The van der Waals surface area contributed by atoms with Crippen molar-refractivity contribution < 1.29 is 43.0 Å². The molecule has 1 heterocycles. The van der Waals surface area contributed by atoms with Crippen molar-refractivity contribution in [3.63, 3.8) is 0 Å². The van der Waals surface area contributed by atoms with E-state index in [1.807, 2.05) is 18.2 Å². The molecule has 15 nitrogen and oxygen atoms in total. The van der Waals surface area contributed by atoms with Crippen molar-refractivity contribution in [2.24, 2.45) is 5.73 Å². The molecule has 5 rings (SSSR count). The molecule has 4 aromatic rings. The fraction of sp³-hybridized carbons (Fsp3) is 0.225. The first-order valence-corrected chi connectivity index (χ1v) is 17.3. The molecule has 2 atom stereocenters. The van der Waals surface area contributed by atoms with Crippen molar-refractivity contribution in [3.05, 3.63) is 138 Å². The predicted molar refractivity (Wildman–Crippen MR) is 199 cm³/mol. The van der Waals surface area contributed by atoms with Gasteiger partial charge in [-0.1, -0.05) is 97.1 Å². The number of hydrogen-bond acceptors (Lipinski definition) is 10. The molecule has 1 saturated heterocycles. The van der Waals surface area contributed by atoms with Crippen LogP contribution in [0.15, 0.2) is 115 Å². The number of amides is 4. The average Bonchev–Trinajstić information content (AvgIpc) is 3.19. The van der Waals surface area contributed by atoms with Crippen molar-refractivity contribution in [2.75, 3.05) is 25.0 Å². The molecule has 1 aliphatic heterocycles. The van der Waals surface area contributed by atoms with Gasteiger partial charge in [-0.2, -0.15) is 0 Å². The van der Waals surface area contributed by atoms with E-state index in [0.717, 1.165) is 16.0 Å². The Hall–Kier alpha value is -7.03. The molecule has 1 fully saturated rings. The van der Waals surface area contributed by atoms with Gasteiger partial charge in [0.2, 0.25) is 5.91 Å². The quantitative estimate of drug-likeness (QED) is 0.0603. The third kappa shape index (κ3) is 11.5. The van der Waals surface area contributed by atoms with Crippen molar-refractivity contribution in [1.29, 1.82) is 5.41 Å². The van der Waals surface area contributed by atoms with Crippen LogP contribution in [0.4, 0.5) is 10.5 Å². The number of hydrogen-bond donors (Lipinski definition) is 4. The smallest absolute Gasteiger partial charge is 0.410 e. The largest absolute Gasteiger partial charge is 0.461 e. The van der Waals surface area contributed by atoms with E-state index < -0.39 is 66.6 Å². The first-order valence-electron chi connectivity index (χ1n) is 17.3. The van der Waals surface area contributed by atoms with E-state index in [0.29, 0.717) is 5.56 Å². The molecule has 0 radical (unpaired) electrons. The van der Waals surface area contributed by atoms with Crippen LogP contribution in [0.2, 0.25) is 0 Å². The minimum absolute atomic E-state index is 0.00870. The van der Waals surface area contributed by atoms with Gasteiger partial charge in [0.05, 0.1) is 6.42 Å². The summed E-state index contributed by atoms with van der Waals surface area (Å²) >= 11 is 0. The summed E-state index contributed by atoms with van der Waals surface area (Å²) in [6.07, 6.45) is -1.22.